The molecule has 0 saturated carbocycles. The molecule has 0 aliphatic rings. The van der Waals surface area contributed by atoms with Crippen molar-refractivity contribution < 1.29 is 28.7 Å². The summed E-state index contributed by atoms with van der Waals surface area (Å²) in [5.41, 5.74) is 7.06. The number of aryl methyl sites for hydroxylation is 1. The van der Waals surface area contributed by atoms with E-state index >= 15 is 0 Å². The van der Waals surface area contributed by atoms with Crippen LogP contribution < -0.4 is 10.6 Å². The molecule has 0 bridgehead atoms. The smallest absolute Gasteiger partial charge is 0.355 e. The third-order valence-electron chi connectivity index (χ3n) is 4.55. The first-order chi connectivity index (χ1) is 14.3. The monoisotopic (exact) mass is 415 g/mol. The Labute approximate surface area is 174 Å². The Morgan fingerprint density at radius 2 is 1.77 bits per heavy atom. The number of H-pyrrole nitrogens is 1. The minimum Gasteiger partial charge on any atom is -0.465 e. The average molecular weight is 415 g/mol. The molecule has 3 N–H and O–H groups in total. The lowest BCUT2D eigenvalue weighted by Gasteiger charge is -2.22. The van der Waals surface area contributed by atoms with Gasteiger partial charge in [-0.1, -0.05) is 25.1 Å². The molecule has 9 nitrogen and oxygen atoms in total. The lowest BCUT2D eigenvalue weighted by Crippen LogP contribution is -2.37. The Balaban J connectivity index is 2.15. The van der Waals surface area contributed by atoms with E-state index in [1.807, 2.05) is 6.92 Å². The van der Waals surface area contributed by atoms with Gasteiger partial charge in [-0.15, -0.1) is 0 Å². The molecule has 0 saturated heterocycles. The van der Waals surface area contributed by atoms with E-state index in [0.29, 0.717) is 23.4 Å². The van der Waals surface area contributed by atoms with E-state index in [9.17, 15) is 19.2 Å². The second kappa shape index (κ2) is 10.2. The van der Waals surface area contributed by atoms with Gasteiger partial charge in [-0.05, 0) is 31.0 Å². The maximum Gasteiger partial charge on any atom is 0.355 e. The number of hydrogen-bond donors (Lipinski definition) is 2. The number of anilines is 1. The zero-order valence-corrected chi connectivity index (χ0v) is 17.2. The predicted octanol–water partition coefficient (Wildman–Crippen LogP) is 1.74. The van der Waals surface area contributed by atoms with Crippen molar-refractivity contribution >= 4 is 29.4 Å². The molecule has 2 aromatic rings. The van der Waals surface area contributed by atoms with Crippen molar-refractivity contribution in [2.75, 3.05) is 25.2 Å². The first kappa shape index (κ1) is 22.7. The highest BCUT2D eigenvalue weighted by atomic mass is 16.5. The van der Waals surface area contributed by atoms with Gasteiger partial charge in [-0.2, -0.15) is 0 Å². The maximum absolute atomic E-state index is 12.7. The number of carbonyl (C=O) groups excluding carboxylic acids is 4. The van der Waals surface area contributed by atoms with Gasteiger partial charge in [0.25, 0.3) is 5.91 Å². The number of primary amides is 1. The maximum atomic E-state index is 12.7. The topological polar surface area (TPSA) is 132 Å². The molecule has 2 rings (SSSR count). The van der Waals surface area contributed by atoms with Crippen LogP contribution in [0.15, 0.2) is 30.3 Å². The van der Waals surface area contributed by atoms with Crippen LogP contribution in [0, 0.1) is 6.92 Å². The quantitative estimate of drug-likeness (QED) is 0.600. The summed E-state index contributed by atoms with van der Waals surface area (Å²) < 4.78 is 9.94. The molecule has 0 radical (unpaired) electrons. The van der Waals surface area contributed by atoms with Gasteiger partial charge in [-0.25, -0.2) is 9.59 Å². The Hall–Kier alpha value is -3.62. The number of esters is 2. The van der Waals surface area contributed by atoms with Crippen LogP contribution in [-0.4, -0.2) is 49.0 Å². The van der Waals surface area contributed by atoms with E-state index in [0.717, 1.165) is 0 Å². The number of ether oxygens (including phenoxy) is 2. The molecule has 0 unspecified atom stereocenters. The molecule has 2 amide bonds. The molecule has 0 fully saturated rings. The second-order valence-electron chi connectivity index (χ2n) is 6.50. The van der Waals surface area contributed by atoms with E-state index in [1.165, 1.54) is 12.0 Å². The molecule has 160 valence electrons. The van der Waals surface area contributed by atoms with Crippen LogP contribution >= 0.6 is 0 Å². The van der Waals surface area contributed by atoms with Crippen LogP contribution in [0.25, 0.3) is 0 Å². The Morgan fingerprint density at radius 1 is 1.10 bits per heavy atom. The molecule has 0 aliphatic heterocycles. The molecule has 0 spiro atoms. The number of nitrogens with zero attached hydrogens (tertiary/aromatic N) is 1. The van der Waals surface area contributed by atoms with E-state index < -0.39 is 30.4 Å². The van der Waals surface area contributed by atoms with Crippen molar-refractivity contribution in [1.29, 1.82) is 0 Å². The minimum atomic E-state index is -0.770. The van der Waals surface area contributed by atoms with E-state index in [-0.39, 0.29) is 24.2 Å². The summed E-state index contributed by atoms with van der Waals surface area (Å²) in [4.78, 5) is 52.6. The Bertz CT molecular complexity index is 936. The SMILES string of the molecule is CCc1[nH]c(C(=O)OCC(=O)N(CCC(N)=O)c2ccccc2)c(C)c1C(=O)OC. The Morgan fingerprint density at radius 3 is 2.33 bits per heavy atom. The summed E-state index contributed by atoms with van der Waals surface area (Å²) in [6, 6.07) is 8.68. The number of aromatic amines is 1. The summed E-state index contributed by atoms with van der Waals surface area (Å²) in [6.45, 7) is 2.94. The molecule has 9 heteroatoms. The van der Waals surface area contributed by atoms with Crippen LogP contribution in [0.2, 0.25) is 0 Å². The number of carbonyl (C=O) groups is 4. The number of rotatable bonds is 9. The molecule has 1 heterocycles. The van der Waals surface area contributed by atoms with Gasteiger partial charge in [0.05, 0.1) is 12.7 Å². The van der Waals surface area contributed by atoms with Crippen molar-refractivity contribution in [2.24, 2.45) is 5.73 Å². The van der Waals surface area contributed by atoms with Gasteiger partial charge in [0, 0.05) is 24.3 Å². The highest BCUT2D eigenvalue weighted by molar-refractivity contribution is 6.00. The van der Waals surface area contributed by atoms with Crippen LogP contribution in [0.3, 0.4) is 0 Å². The minimum absolute atomic E-state index is 0.0351. The number of hydrogen-bond acceptors (Lipinski definition) is 6. The molecule has 0 atom stereocenters. The van der Waals surface area contributed by atoms with Crippen LogP contribution in [0.1, 0.15) is 45.4 Å². The molecular formula is C21H25N3O6. The third-order valence-corrected chi connectivity index (χ3v) is 4.55. The summed E-state index contributed by atoms with van der Waals surface area (Å²) in [7, 11) is 1.26. The second-order valence-corrected chi connectivity index (χ2v) is 6.50. The van der Waals surface area contributed by atoms with Crippen molar-refractivity contribution in [2.45, 2.75) is 26.7 Å². The fourth-order valence-electron chi connectivity index (χ4n) is 3.01. The highest BCUT2D eigenvalue weighted by Crippen LogP contribution is 2.21. The average Bonchev–Trinajstić information content (AvgIpc) is 3.08. The number of benzene rings is 1. The van der Waals surface area contributed by atoms with Gasteiger partial charge in [0.15, 0.2) is 6.61 Å². The lowest BCUT2D eigenvalue weighted by molar-refractivity contribution is -0.121. The Kier molecular flexibility index (Phi) is 7.74. The zero-order chi connectivity index (χ0) is 22.3. The highest BCUT2D eigenvalue weighted by Gasteiger charge is 2.26. The zero-order valence-electron chi connectivity index (χ0n) is 17.2. The van der Waals surface area contributed by atoms with Crippen molar-refractivity contribution in [1.82, 2.24) is 4.98 Å². The molecule has 1 aromatic carbocycles. The van der Waals surface area contributed by atoms with Crippen LogP contribution in [0.5, 0.6) is 0 Å². The number of amides is 2. The van der Waals surface area contributed by atoms with Crippen LogP contribution in [-0.2, 0) is 25.5 Å². The van der Waals surface area contributed by atoms with Crippen LogP contribution in [0.4, 0.5) is 5.69 Å². The van der Waals surface area contributed by atoms with E-state index in [1.54, 1.807) is 37.3 Å². The standard InChI is InChI=1S/C21H25N3O6/c1-4-15-18(20(27)29-3)13(2)19(23-15)21(28)30-12-17(26)24(11-10-16(22)25)14-8-6-5-7-9-14/h5-9,23H,4,10-12H2,1-3H3,(H2,22,25). The van der Waals surface area contributed by atoms with Crippen molar-refractivity contribution in [3.8, 4) is 0 Å². The first-order valence-corrected chi connectivity index (χ1v) is 9.40. The number of aromatic nitrogens is 1. The first-order valence-electron chi connectivity index (χ1n) is 9.40. The van der Waals surface area contributed by atoms with Crippen molar-refractivity contribution in [3.63, 3.8) is 0 Å². The van der Waals surface area contributed by atoms with E-state index in [4.69, 9.17) is 15.2 Å². The lowest BCUT2D eigenvalue weighted by atomic mass is 10.1. The molecule has 0 aliphatic carbocycles. The molecule has 30 heavy (non-hydrogen) atoms. The summed E-state index contributed by atoms with van der Waals surface area (Å²) >= 11 is 0. The molecule has 1 aromatic heterocycles. The summed E-state index contributed by atoms with van der Waals surface area (Å²) in [6.07, 6.45) is 0.444. The predicted molar refractivity (Wildman–Crippen MR) is 109 cm³/mol. The van der Waals surface area contributed by atoms with Gasteiger partial charge < -0.3 is 25.1 Å². The number of para-hydroxylation sites is 1. The number of nitrogens with one attached hydrogen (secondary N) is 1. The normalized spacial score (nSPS) is 10.4. The fraction of sp³-hybridized carbons (Fsp3) is 0.333. The largest absolute Gasteiger partial charge is 0.465 e. The third kappa shape index (κ3) is 5.25. The van der Waals surface area contributed by atoms with Crippen molar-refractivity contribution in [3.05, 3.63) is 52.8 Å². The van der Waals surface area contributed by atoms with Gasteiger partial charge in [0.1, 0.15) is 5.69 Å². The van der Waals surface area contributed by atoms with Gasteiger partial charge in [-0.3, -0.25) is 9.59 Å². The van der Waals surface area contributed by atoms with E-state index in [2.05, 4.69) is 4.98 Å². The van der Waals surface area contributed by atoms with Gasteiger partial charge >= 0.3 is 11.9 Å². The number of methoxy groups -OCH3 is 1. The summed E-state index contributed by atoms with van der Waals surface area (Å²) in [5.74, 6) is -2.39. The molecular weight excluding hydrogens is 390 g/mol. The summed E-state index contributed by atoms with van der Waals surface area (Å²) in [5, 5.41) is 0. The van der Waals surface area contributed by atoms with Gasteiger partial charge in [0.2, 0.25) is 5.91 Å². The number of nitrogens with two attached hydrogens (primary N) is 1. The fourth-order valence-corrected chi connectivity index (χ4v) is 3.01.